The molecule has 2 aromatic carbocycles. The van der Waals surface area contributed by atoms with Gasteiger partial charge in [0.15, 0.2) is 0 Å². The summed E-state index contributed by atoms with van der Waals surface area (Å²) in [5, 5.41) is 11.4. The Labute approximate surface area is 147 Å². The molecule has 0 atom stereocenters. The third-order valence-electron chi connectivity index (χ3n) is 3.62. The molecular formula is C16H8ClNO8. The number of non-ortho nitro benzene ring substituents is 1. The SMILES string of the molecule is O=C1c2ccccc2-c2[o+]c3ccc([N+](=O)[O-])cc3cc21.[O-][Cl+3]([O-])([O-])[O-]. The van der Waals surface area contributed by atoms with Gasteiger partial charge in [0.1, 0.15) is 5.56 Å². The first-order valence-electron chi connectivity index (χ1n) is 6.96. The fraction of sp³-hybridized carbons (Fsp3) is 0. The normalized spacial score (nSPS) is 12.2. The monoisotopic (exact) mass is 377 g/mol. The van der Waals surface area contributed by atoms with Gasteiger partial charge in [0, 0.05) is 17.7 Å². The Morgan fingerprint density at radius 2 is 1.50 bits per heavy atom. The van der Waals surface area contributed by atoms with E-state index in [1.165, 1.54) is 12.1 Å². The number of benzene rings is 2. The van der Waals surface area contributed by atoms with E-state index >= 15 is 0 Å². The Morgan fingerprint density at radius 3 is 2.12 bits per heavy atom. The van der Waals surface area contributed by atoms with Gasteiger partial charge < -0.3 is 0 Å². The minimum Gasteiger partial charge on any atom is -0.288 e. The van der Waals surface area contributed by atoms with E-state index in [1.54, 1.807) is 24.3 Å². The molecule has 1 aliphatic carbocycles. The predicted molar refractivity (Wildman–Crippen MR) is 76.1 cm³/mol. The maximum atomic E-state index is 12.4. The maximum Gasteiger partial charge on any atom is 0.372 e. The average Bonchev–Trinajstić information content (AvgIpc) is 2.84. The van der Waals surface area contributed by atoms with Crippen LogP contribution in [0.2, 0.25) is 0 Å². The van der Waals surface area contributed by atoms with Gasteiger partial charge in [-0.3, -0.25) is 14.9 Å². The third kappa shape index (κ3) is 3.52. The molecule has 26 heavy (non-hydrogen) atoms. The zero-order valence-electron chi connectivity index (χ0n) is 12.7. The van der Waals surface area contributed by atoms with E-state index in [4.69, 9.17) is 23.1 Å². The summed E-state index contributed by atoms with van der Waals surface area (Å²) in [6, 6.07) is 13.2. The summed E-state index contributed by atoms with van der Waals surface area (Å²) in [5.41, 5.74) is 2.30. The van der Waals surface area contributed by atoms with Gasteiger partial charge >= 0.3 is 11.3 Å². The minimum atomic E-state index is -4.94. The molecule has 9 nitrogen and oxygen atoms in total. The molecule has 0 saturated carbocycles. The highest BCUT2D eigenvalue weighted by atomic mass is 35.7. The fourth-order valence-corrected chi connectivity index (χ4v) is 2.63. The zero-order valence-corrected chi connectivity index (χ0v) is 13.5. The second kappa shape index (κ2) is 6.41. The van der Waals surface area contributed by atoms with E-state index in [9.17, 15) is 14.9 Å². The minimum absolute atomic E-state index is 0.0272. The summed E-state index contributed by atoms with van der Waals surface area (Å²) in [7, 11) is -4.94. The van der Waals surface area contributed by atoms with Gasteiger partial charge in [-0.1, -0.05) is 18.2 Å². The van der Waals surface area contributed by atoms with Crippen LogP contribution in [-0.4, -0.2) is 10.7 Å². The first-order valence-corrected chi connectivity index (χ1v) is 8.20. The lowest BCUT2D eigenvalue weighted by Crippen LogP contribution is -2.68. The van der Waals surface area contributed by atoms with Crippen LogP contribution >= 0.6 is 0 Å². The number of hydrogen-bond donors (Lipinski definition) is 0. The Kier molecular flexibility index (Phi) is 4.40. The molecule has 0 unspecified atom stereocenters. The van der Waals surface area contributed by atoms with E-state index in [2.05, 4.69) is 0 Å². The Morgan fingerprint density at radius 1 is 0.885 bits per heavy atom. The second-order valence-electron chi connectivity index (χ2n) is 5.22. The maximum absolute atomic E-state index is 12.4. The smallest absolute Gasteiger partial charge is 0.288 e. The second-order valence-corrected chi connectivity index (χ2v) is 5.98. The van der Waals surface area contributed by atoms with Crippen LogP contribution in [0.5, 0.6) is 0 Å². The number of fused-ring (bicyclic) bond motifs is 4. The molecule has 0 spiro atoms. The number of halogens is 1. The number of nitro benzene ring substituents is 1. The van der Waals surface area contributed by atoms with E-state index < -0.39 is 15.2 Å². The highest BCUT2D eigenvalue weighted by Gasteiger charge is 2.37. The number of hydrogen-bond acceptors (Lipinski definition) is 7. The molecule has 0 aliphatic heterocycles. The molecule has 132 valence electrons. The van der Waals surface area contributed by atoms with Crippen LogP contribution in [-0.2, 0) is 0 Å². The van der Waals surface area contributed by atoms with Gasteiger partial charge in [0.2, 0.25) is 5.78 Å². The molecule has 1 aliphatic rings. The van der Waals surface area contributed by atoms with Crippen molar-refractivity contribution in [1.82, 2.24) is 0 Å². The topological polar surface area (TPSA) is 164 Å². The predicted octanol–water partition coefficient (Wildman–Crippen LogP) is -0.922. The molecule has 1 heterocycles. The van der Waals surface area contributed by atoms with Crippen LogP contribution in [0.15, 0.2) is 52.9 Å². The van der Waals surface area contributed by atoms with Crippen LogP contribution in [0.1, 0.15) is 15.9 Å². The summed E-state index contributed by atoms with van der Waals surface area (Å²) >= 11 is 0. The van der Waals surface area contributed by atoms with Gasteiger partial charge in [-0.15, -0.1) is 10.2 Å². The summed E-state index contributed by atoms with van der Waals surface area (Å²) in [5.74, 6) is 0.412. The Bertz CT molecular complexity index is 1040. The van der Waals surface area contributed by atoms with E-state index in [0.717, 1.165) is 5.56 Å². The van der Waals surface area contributed by atoms with E-state index in [-0.39, 0.29) is 11.5 Å². The van der Waals surface area contributed by atoms with Crippen molar-refractivity contribution in [2.45, 2.75) is 0 Å². The summed E-state index contributed by atoms with van der Waals surface area (Å²) < 4.78 is 39.8. The van der Waals surface area contributed by atoms with Crippen molar-refractivity contribution in [3.05, 3.63) is 69.8 Å². The van der Waals surface area contributed by atoms with Crippen molar-refractivity contribution >= 4 is 22.4 Å². The Hall–Kier alpha value is -2.95. The van der Waals surface area contributed by atoms with Crippen molar-refractivity contribution in [3.63, 3.8) is 0 Å². The van der Waals surface area contributed by atoms with Crippen LogP contribution in [0.3, 0.4) is 0 Å². The molecule has 10 heteroatoms. The molecule has 3 aromatic rings. The highest BCUT2D eigenvalue weighted by Crippen LogP contribution is 2.39. The standard InChI is InChI=1S/C16H8NO4.ClHO4/c18-15-11-3-1-2-4-12(11)16-13(15)8-9-7-10(17(19)20)5-6-14(9)21-16;2-1(3,4)5/h1-8H;(H,2,3,4,5)/q+1;/p-1. The summed E-state index contributed by atoms with van der Waals surface area (Å²) in [4.78, 5) is 22.7. The van der Waals surface area contributed by atoms with E-state index in [0.29, 0.717) is 27.9 Å². The van der Waals surface area contributed by atoms with Crippen molar-refractivity contribution in [1.29, 1.82) is 0 Å². The lowest BCUT2D eigenvalue weighted by atomic mass is 10.1. The van der Waals surface area contributed by atoms with Crippen molar-refractivity contribution < 1.29 is 43.0 Å². The van der Waals surface area contributed by atoms with Crippen LogP contribution in [0, 0.1) is 20.4 Å². The molecule has 0 amide bonds. The summed E-state index contributed by atoms with van der Waals surface area (Å²) in [6.45, 7) is 0. The number of carbonyl (C=O) groups excluding carboxylic acids is 1. The van der Waals surface area contributed by atoms with Gasteiger partial charge in [0.05, 0.1) is 21.9 Å². The number of carbonyl (C=O) groups is 1. The lowest BCUT2D eigenvalue weighted by molar-refractivity contribution is -2.00. The van der Waals surface area contributed by atoms with Crippen LogP contribution < -0.4 is 18.6 Å². The largest absolute Gasteiger partial charge is 0.372 e. The van der Waals surface area contributed by atoms with Gasteiger partial charge in [-0.2, -0.15) is 0 Å². The first-order chi connectivity index (χ1) is 12.1. The van der Waals surface area contributed by atoms with Crippen molar-refractivity contribution in [2.75, 3.05) is 0 Å². The van der Waals surface area contributed by atoms with E-state index in [1.807, 2.05) is 12.1 Å². The molecule has 0 N–H and O–H groups in total. The number of nitro groups is 1. The summed E-state index contributed by atoms with van der Waals surface area (Å²) in [6.07, 6.45) is 0. The third-order valence-corrected chi connectivity index (χ3v) is 3.62. The fourth-order valence-electron chi connectivity index (χ4n) is 2.63. The number of nitrogens with zero attached hydrogens (tertiary/aromatic N) is 1. The number of ketones is 1. The van der Waals surface area contributed by atoms with Gasteiger partial charge in [0.25, 0.3) is 5.69 Å². The molecule has 0 saturated heterocycles. The average molecular weight is 378 g/mol. The molecular weight excluding hydrogens is 370 g/mol. The van der Waals surface area contributed by atoms with Gasteiger partial charge in [-0.05, 0) is 12.1 Å². The molecule has 0 fully saturated rings. The van der Waals surface area contributed by atoms with Crippen LogP contribution in [0.4, 0.5) is 5.69 Å². The lowest BCUT2D eigenvalue weighted by Gasteiger charge is -2.17. The van der Waals surface area contributed by atoms with Crippen molar-refractivity contribution in [2.24, 2.45) is 0 Å². The molecule has 4 rings (SSSR count). The molecule has 0 radical (unpaired) electrons. The quantitative estimate of drug-likeness (QED) is 0.233. The Balaban J connectivity index is 0.000000349. The van der Waals surface area contributed by atoms with Gasteiger partial charge in [-0.25, -0.2) is 23.1 Å². The zero-order chi connectivity index (χ0) is 19.1. The molecule has 0 bridgehead atoms. The number of rotatable bonds is 1. The highest BCUT2D eigenvalue weighted by molar-refractivity contribution is 6.21. The first kappa shape index (κ1) is 17.9. The molecule has 1 aromatic heterocycles. The van der Waals surface area contributed by atoms with Crippen molar-refractivity contribution in [3.8, 4) is 11.3 Å². The van der Waals surface area contributed by atoms with Crippen LogP contribution in [0.25, 0.3) is 22.3 Å².